The SMILES string of the molecule is CCCCCCCCCCOc1c(OC(C)C)c(=O)oc2c(OCCCCCCCCCC)cccc12. The summed E-state index contributed by atoms with van der Waals surface area (Å²) in [5, 5.41) is 0.725. The molecule has 1 aromatic carbocycles. The second-order valence-electron chi connectivity index (χ2n) is 10.5. The Bertz CT molecular complexity index is 917. The van der Waals surface area contributed by atoms with E-state index in [1.54, 1.807) is 0 Å². The van der Waals surface area contributed by atoms with Gasteiger partial charge in [-0.3, -0.25) is 0 Å². The molecule has 2 rings (SSSR count). The van der Waals surface area contributed by atoms with Crippen molar-refractivity contribution in [3.63, 3.8) is 0 Å². The van der Waals surface area contributed by atoms with E-state index in [0.717, 1.165) is 31.1 Å². The van der Waals surface area contributed by atoms with Crippen molar-refractivity contribution in [2.45, 2.75) is 137 Å². The van der Waals surface area contributed by atoms with Gasteiger partial charge in [0, 0.05) is 0 Å². The van der Waals surface area contributed by atoms with Gasteiger partial charge in [-0.2, -0.15) is 0 Å². The van der Waals surface area contributed by atoms with Crippen LogP contribution in [0.15, 0.2) is 27.4 Å². The van der Waals surface area contributed by atoms with E-state index < -0.39 is 5.63 Å². The first-order valence-corrected chi connectivity index (χ1v) is 15.1. The van der Waals surface area contributed by atoms with Crippen LogP contribution in [0.5, 0.6) is 17.2 Å². The molecule has 0 radical (unpaired) electrons. The second-order valence-corrected chi connectivity index (χ2v) is 10.5. The monoisotopic (exact) mass is 516 g/mol. The second kappa shape index (κ2) is 19.0. The lowest BCUT2D eigenvalue weighted by molar-refractivity contribution is 0.210. The first-order chi connectivity index (χ1) is 18.1. The van der Waals surface area contributed by atoms with Gasteiger partial charge in [-0.1, -0.05) is 110 Å². The van der Waals surface area contributed by atoms with Crippen LogP contribution in [0.4, 0.5) is 0 Å². The first-order valence-electron chi connectivity index (χ1n) is 15.1. The maximum absolute atomic E-state index is 12.9. The fraction of sp³-hybridized carbons (Fsp3) is 0.719. The van der Waals surface area contributed by atoms with E-state index in [1.807, 2.05) is 32.0 Å². The summed E-state index contributed by atoms with van der Waals surface area (Å²) < 4.78 is 23.8. The predicted octanol–water partition coefficient (Wildman–Crippen LogP) is 9.62. The Morgan fingerprint density at radius 2 is 1.19 bits per heavy atom. The maximum Gasteiger partial charge on any atom is 0.383 e. The number of unbranched alkanes of at least 4 members (excludes halogenated alkanes) is 14. The molecule has 0 aliphatic heterocycles. The van der Waals surface area contributed by atoms with E-state index in [0.29, 0.717) is 30.3 Å². The van der Waals surface area contributed by atoms with Crippen LogP contribution in [0.3, 0.4) is 0 Å². The average Bonchev–Trinajstić information content (AvgIpc) is 2.88. The summed E-state index contributed by atoms with van der Waals surface area (Å²) in [6.07, 6.45) is 19.6. The van der Waals surface area contributed by atoms with Crippen molar-refractivity contribution in [1.82, 2.24) is 0 Å². The summed E-state index contributed by atoms with van der Waals surface area (Å²) in [5.74, 6) is 1.22. The minimum absolute atomic E-state index is 0.155. The van der Waals surface area contributed by atoms with Crippen molar-refractivity contribution in [3.05, 3.63) is 28.6 Å². The number of hydrogen-bond donors (Lipinski definition) is 0. The van der Waals surface area contributed by atoms with Crippen LogP contribution in [0, 0.1) is 0 Å². The van der Waals surface area contributed by atoms with Gasteiger partial charge in [0.2, 0.25) is 5.75 Å². The number of rotatable bonds is 22. The van der Waals surface area contributed by atoms with Crippen LogP contribution in [0.25, 0.3) is 11.0 Å². The molecule has 0 N–H and O–H groups in total. The number of para-hydroxylation sites is 1. The molecule has 37 heavy (non-hydrogen) atoms. The lowest BCUT2D eigenvalue weighted by Gasteiger charge is -2.16. The minimum atomic E-state index is -0.518. The highest BCUT2D eigenvalue weighted by molar-refractivity contribution is 5.89. The van der Waals surface area contributed by atoms with Crippen LogP contribution in [-0.4, -0.2) is 19.3 Å². The van der Waals surface area contributed by atoms with Crippen molar-refractivity contribution in [3.8, 4) is 17.2 Å². The van der Waals surface area contributed by atoms with Crippen LogP contribution in [0.1, 0.15) is 130 Å². The van der Waals surface area contributed by atoms with E-state index in [4.69, 9.17) is 18.6 Å². The van der Waals surface area contributed by atoms with E-state index >= 15 is 0 Å². The van der Waals surface area contributed by atoms with Gasteiger partial charge in [0.1, 0.15) is 0 Å². The molecule has 2 aromatic rings. The number of hydrogen-bond acceptors (Lipinski definition) is 5. The fourth-order valence-electron chi connectivity index (χ4n) is 4.58. The minimum Gasteiger partial charge on any atom is -0.490 e. The van der Waals surface area contributed by atoms with Crippen LogP contribution >= 0.6 is 0 Å². The highest BCUT2D eigenvalue weighted by Crippen LogP contribution is 2.37. The number of benzene rings is 1. The fourth-order valence-corrected chi connectivity index (χ4v) is 4.58. The van der Waals surface area contributed by atoms with Crippen molar-refractivity contribution in [2.24, 2.45) is 0 Å². The molecular formula is C32H52O5. The third kappa shape index (κ3) is 11.8. The molecule has 1 aromatic heterocycles. The van der Waals surface area contributed by atoms with Crippen LogP contribution in [-0.2, 0) is 0 Å². The highest BCUT2D eigenvalue weighted by atomic mass is 16.5. The Hall–Kier alpha value is -2.17. The number of fused-ring (bicyclic) bond motifs is 1. The summed E-state index contributed by atoms with van der Waals surface area (Å²) in [5.41, 5.74) is -0.0793. The predicted molar refractivity (Wildman–Crippen MR) is 154 cm³/mol. The lowest BCUT2D eigenvalue weighted by atomic mass is 10.1. The lowest BCUT2D eigenvalue weighted by Crippen LogP contribution is -2.16. The molecule has 1 heterocycles. The molecule has 0 fully saturated rings. The molecule has 0 aliphatic carbocycles. The summed E-state index contributed by atoms with van der Waals surface area (Å²) in [7, 11) is 0. The summed E-state index contributed by atoms with van der Waals surface area (Å²) in [4.78, 5) is 12.9. The van der Waals surface area contributed by atoms with Crippen molar-refractivity contribution in [2.75, 3.05) is 13.2 Å². The molecule has 0 amide bonds. The normalized spacial score (nSPS) is 11.4. The zero-order valence-electron chi connectivity index (χ0n) is 24.1. The first kappa shape index (κ1) is 31.1. The molecule has 5 heteroatoms. The van der Waals surface area contributed by atoms with Gasteiger partial charge in [-0.15, -0.1) is 0 Å². The molecule has 0 bridgehead atoms. The van der Waals surface area contributed by atoms with Crippen molar-refractivity contribution >= 4 is 11.0 Å². The average molecular weight is 517 g/mol. The smallest absolute Gasteiger partial charge is 0.383 e. The van der Waals surface area contributed by atoms with Gasteiger partial charge in [-0.25, -0.2) is 4.79 Å². The molecule has 0 spiro atoms. The molecule has 0 saturated carbocycles. The largest absolute Gasteiger partial charge is 0.490 e. The molecule has 0 atom stereocenters. The van der Waals surface area contributed by atoms with Gasteiger partial charge in [0.05, 0.1) is 24.7 Å². The molecule has 0 saturated heterocycles. The van der Waals surface area contributed by atoms with Crippen molar-refractivity contribution in [1.29, 1.82) is 0 Å². The summed E-state index contributed by atoms with van der Waals surface area (Å²) >= 11 is 0. The number of ether oxygens (including phenoxy) is 3. The maximum atomic E-state index is 12.9. The molecular weight excluding hydrogens is 464 g/mol. The van der Waals surface area contributed by atoms with E-state index in [1.165, 1.54) is 77.0 Å². The third-order valence-corrected chi connectivity index (χ3v) is 6.66. The molecule has 210 valence electrons. The van der Waals surface area contributed by atoms with Gasteiger partial charge in [-0.05, 0) is 38.8 Å². The Morgan fingerprint density at radius 1 is 0.676 bits per heavy atom. The Balaban J connectivity index is 1.97. The standard InChI is InChI=1S/C32H52O5/c1-5-7-9-11-13-15-17-19-24-34-28-23-21-22-27-29(28)37-32(33)31(36-26(3)4)30(27)35-25-20-18-16-14-12-10-8-6-2/h21-23,26H,5-20,24-25H2,1-4H3. The Kier molecular flexibility index (Phi) is 15.9. The van der Waals surface area contributed by atoms with Gasteiger partial charge in [0.25, 0.3) is 0 Å². The van der Waals surface area contributed by atoms with Crippen LogP contribution < -0.4 is 19.8 Å². The van der Waals surface area contributed by atoms with E-state index in [2.05, 4.69) is 13.8 Å². The van der Waals surface area contributed by atoms with Crippen molar-refractivity contribution < 1.29 is 18.6 Å². The molecule has 0 unspecified atom stereocenters. The zero-order chi connectivity index (χ0) is 26.7. The highest BCUT2D eigenvalue weighted by Gasteiger charge is 2.21. The van der Waals surface area contributed by atoms with Gasteiger partial charge in [0.15, 0.2) is 17.1 Å². The van der Waals surface area contributed by atoms with Gasteiger partial charge < -0.3 is 18.6 Å². The zero-order valence-corrected chi connectivity index (χ0v) is 24.1. The topological polar surface area (TPSA) is 57.9 Å². The quantitative estimate of drug-likeness (QED) is 0.115. The molecule has 5 nitrogen and oxygen atoms in total. The molecule has 0 aliphatic rings. The Labute approximate surface area is 225 Å². The van der Waals surface area contributed by atoms with E-state index in [9.17, 15) is 4.79 Å². The van der Waals surface area contributed by atoms with Gasteiger partial charge >= 0.3 is 5.63 Å². The van der Waals surface area contributed by atoms with E-state index in [-0.39, 0.29) is 11.9 Å². The summed E-state index contributed by atoms with van der Waals surface area (Å²) in [6.45, 7) is 9.44. The Morgan fingerprint density at radius 3 is 1.73 bits per heavy atom. The summed E-state index contributed by atoms with van der Waals surface area (Å²) in [6, 6.07) is 5.70. The third-order valence-electron chi connectivity index (χ3n) is 6.66. The van der Waals surface area contributed by atoms with Crippen LogP contribution in [0.2, 0.25) is 0 Å².